The summed E-state index contributed by atoms with van der Waals surface area (Å²) < 4.78 is 0. The number of aryl methyl sites for hydroxylation is 2. The van der Waals surface area contributed by atoms with E-state index in [4.69, 9.17) is 11.6 Å². The van der Waals surface area contributed by atoms with Crippen LogP contribution in [0.1, 0.15) is 34.7 Å². The number of hydrogen-bond donors (Lipinski definition) is 0. The Morgan fingerprint density at radius 3 is 2.54 bits per heavy atom. The van der Waals surface area contributed by atoms with Crippen LogP contribution in [0.15, 0.2) is 48.2 Å². The Hall–Kier alpha value is -2.26. The van der Waals surface area contributed by atoms with Crippen molar-refractivity contribution in [1.82, 2.24) is 4.98 Å². The first-order valence-corrected chi connectivity index (χ1v) is 8.27. The lowest BCUT2D eigenvalue weighted by Crippen LogP contribution is -2.15. The van der Waals surface area contributed by atoms with Crippen LogP contribution in [-0.4, -0.2) is 16.6 Å². The number of benzene rings is 1. The summed E-state index contributed by atoms with van der Waals surface area (Å²) in [6.07, 6.45) is 4.31. The number of Topliss-reactive ketones (excluding diaryl/α,β-unsaturated/α-hetero) is 2. The Morgan fingerprint density at radius 1 is 1.21 bits per heavy atom. The summed E-state index contributed by atoms with van der Waals surface area (Å²) >= 11 is 6.06. The second kappa shape index (κ2) is 6.70. The number of halogens is 1. The van der Waals surface area contributed by atoms with Crippen LogP contribution in [0.3, 0.4) is 0 Å². The van der Waals surface area contributed by atoms with Gasteiger partial charge in [0.15, 0.2) is 11.6 Å². The zero-order chi connectivity index (χ0) is 17.3. The number of pyridine rings is 1. The van der Waals surface area contributed by atoms with E-state index in [1.165, 1.54) is 0 Å². The van der Waals surface area contributed by atoms with Gasteiger partial charge in [-0.05, 0) is 54.8 Å². The van der Waals surface area contributed by atoms with Crippen molar-refractivity contribution >= 4 is 23.2 Å². The highest BCUT2D eigenvalue weighted by molar-refractivity contribution is 6.31. The summed E-state index contributed by atoms with van der Waals surface area (Å²) in [4.78, 5) is 29.5. The van der Waals surface area contributed by atoms with Crippen LogP contribution in [0.4, 0.5) is 0 Å². The zero-order valence-corrected chi connectivity index (χ0v) is 14.4. The van der Waals surface area contributed by atoms with E-state index in [1.807, 2.05) is 38.1 Å². The summed E-state index contributed by atoms with van der Waals surface area (Å²) in [5.41, 5.74) is 4.04. The van der Waals surface area contributed by atoms with Gasteiger partial charge in [0.2, 0.25) is 0 Å². The number of ketones is 2. The molecule has 1 aromatic carbocycles. The molecule has 1 aliphatic carbocycles. The van der Waals surface area contributed by atoms with Crippen LogP contribution < -0.4 is 0 Å². The molecular weight excluding hydrogens is 322 g/mol. The van der Waals surface area contributed by atoms with Gasteiger partial charge in [0.1, 0.15) is 5.92 Å². The minimum Gasteiger partial charge on any atom is -0.298 e. The van der Waals surface area contributed by atoms with Crippen molar-refractivity contribution < 1.29 is 9.59 Å². The summed E-state index contributed by atoms with van der Waals surface area (Å²) in [7, 11) is 0. The largest absolute Gasteiger partial charge is 0.298 e. The lowest BCUT2D eigenvalue weighted by atomic mass is 9.88. The monoisotopic (exact) mass is 339 g/mol. The lowest BCUT2D eigenvalue weighted by molar-refractivity contribution is -0.123. The minimum atomic E-state index is -0.697. The van der Waals surface area contributed by atoms with Gasteiger partial charge in [0, 0.05) is 35.3 Å². The molecule has 1 heterocycles. The Bertz CT molecular complexity index is 817. The summed E-state index contributed by atoms with van der Waals surface area (Å²) in [6.45, 7) is 3.79. The van der Waals surface area contributed by atoms with Gasteiger partial charge >= 0.3 is 0 Å². The summed E-state index contributed by atoms with van der Waals surface area (Å²) in [5, 5.41) is 0.623. The average molecular weight is 340 g/mol. The summed E-state index contributed by atoms with van der Waals surface area (Å²) in [5.74, 6) is -0.831. The Kier molecular flexibility index (Phi) is 4.63. The van der Waals surface area contributed by atoms with Gasteiger partial charge in [-0.25, -0.2) is 0 Å². The van der Waals surface area contributed by atoms with Crippen LogP contribution in [-0.2, 0) is 16.0 Å². The van der Waals surface area contributed by atoms with Gasteiger partial charge in [-0.15, -0.1) is 0 Å². The Labute approximate surface area is 146 Å². The predicted molar refractivity (Wildman–Crippen MR) is 94.3 cm³/mol. The maximum atomic E-state index is 12.8. The quantitative estimate of drug-likeness (QED) is 0.623. The first-order valence-electron chi connectivity index (χ1n) is 7.90. The van der Waals surface area contributed by atoms with Gasteiger partial charge < -0.3 is 0 Å². The number of aromatic nitrogens is 1. The van der Waals surface area contributed by atoms with Crippen molar-refractivity contribution in [3.8, 4) is 0 Å². The molecule has 24 heavy (non-hydrogen) atoms. The molecule has 1 atom stereocenters. The molecule has 0 radical (unpaired) electrons. The van der Waals surface area contributed by atoms with E-state index < -0.39 is 5.92 Å². The fraction of sp³-hybridized carbons (Fsp3) is 0.250. The van der Waals surface area contributed by atoms with Crippen LogP contribution in [0.2, 0.25) is 5.02 Å². The van der Waals surface area contributed by atoms with E-state index in [0.29, 0.717) is 17.0 Å². The molecule has 1 unspecified atom stereocenters. The van der Waals surface area contributed by atoms with Crippen molar-refractivity contribution in [1.29, 1.82) is 0 Å². The van der Waals surface area contributed by atoms with Gasteiger partial charge in [-0.3, -0.25) is 14.6 Å². The first kappa shape index (κ1) is 16.6. The molecule has 1 aliphatic rings. The highest BCUT2D eigenvalue weighted by Gasteiger charge is 2.39. The van der Waals surface area contributed by atoms with E-state index in [0.717, 1.165) is 22.4 Å². The Balaban J connectivity index is 1.90. The normalized spacial score (nSPS) is 19.3. The van der Waals surface area contributed by atoms with Gasteiger partial charge in [-0.2, -0.15) is 0 Å². The van der Waals surface area contributed by atoms with E-state index in [2.05, 4.69) is 4.98 Å². The molecule has 4 heteroatoms. The van der Waals surface area contributed by atoms with Crippen molar-refractivity contribution in [3.63, 3.8) is 0 Å². The molecule has 1 saturated carbocycles. The third kappa shape index (κ3) is 3.17. The van der Waals surface area contributed by atoms with Crippen LogP contribution >= 0.6 is 11.6 Å². The van der Waals surface area contributed by atoms with Crippen molar-refractivity contribution in [2.24, 2.45) is 0 Å². The highest BCUT2D eigenvalue weighted by atomic mass is 35.5. The molecule has 0 spiro atoms. The number of hydrogen-bond acceptors (Lipinski definition) is 3. The van der Waals surface area contributed by atoms with E-state index >= 15 is 0 Å². The smallest absolute Gasteiger partial charge is 0.173 e. The molecule has 0 saturated heterocycles. The molecule has 1 fully saturated rings. The standard InChI is InChI=1S/C20H18ClNO2/c1-12-9-15(21)10-13(2)18(12)19-17(23)11-14(20(19)24)6-7-16-5-3-4-8-22-16/h3-6,8-10,19H,7,11H2,1-2H3/b14-6+. The van der Waals surface area contributed by atoms with Crippen molar-refractivity contribution in [2.75, 3.05) is 0 Å². The molecule has 3 nitrogen and oxygen atoms in total. The van der Waals surface area contributed by atoms with Crippen LogP contribution in [0, 0.1) is 13.8 Å². The number of carbonyl (C=O) groups excluding carboxylic acids is 2. The zero-order valence-electron chi connectivity index (χ0n) is 13.7. The molecule has 1 aromatic heterocycles. The Morgan fingerprint density at radius 2 is 1.92 bits per heavy atom. The molecule has 0 amide bonds. The molecule has 0 bridgehead atoms. The van der Waals surface area contributed by atoms with Gasteiger partial charge in [-0.1, -0.05) is 23.7 Å². The first-order chi connectivity index (χ1) is 11.5. The number of allylic oxidation sites excluding steroid dienone is 2. The fourth-order valence-corrected chi connectivity index (χ4v) is 3.62. The van der Waals surface area contributed by atoms with Gasteiger partial charge in [0.05, 0.1) is 0 Å². The molecule has 3 rings (SSSR count). The SMILES string of the molecule is Cc1cc(Cl)cc(C)c1C1C(=O)C/C(=C\Cc2ccccn2)C1=O. The third-order valence-electron chi connectivity index (χ3n) is 4.40. The molecule has 0 aliphatic heterocycles. The molecular formula is C20H18ClNO2. The molecule has 2 aromatic rings. The number of nitrogens with zero attached hydrogens (tertiary/aromatic N) is 1. The van der Waals surface area contributed by atoms with E-state index in [9.17, 15) is 9.59 Å². The van der Waals surface area contributed by atoms with Crippen LogP contribution in [0.25, 0.3) is 0 Å². The van der Waals surface area contributed by atoms with Gasteiger partial charge in [0.25, 0.3) is 0 Å². The van der Waals surface area contributed by atoms with Crippen molar-refractivity contribution in [2.45, 2.75) is 32.6 Å². The lowest BCUT2D eigenvalue weighted by Gasteiger charge is -2.14. The topological polar surface area (TPSA) is 47.0 Å². The number of rotatable bonds is 3. The number of carbonyl (C=O) groups is 2. The predicted octanol–water partition coefficient (Wildman–Crippen LogP) is 4.15. The molecule has 122 valence electrons. The second-order valence-corrected chi connectivity index (χ2v) is 6.58. The molecule has 0 N–H and O–H groups in total. The van der Waals surface area contributed by atoms with Crippen molar-refractivity contribution in [3.05, 3.63) is 75.6 Å². The summed E-state index contributed by atoms with van der Waals surface area (Å²) in [6, 6.07) is 9.28. The third-order valence-corrected chi connectivity index (χ3v) is 4.61. The minimum absolute atomic E-state index is 0.0409. The van der Waals surface area contributed by atoms with E-state index in [-0.39, 0.29) is 18.0 Å². The van der Waals surface area contributed by atoms with E-state index in [1.54, 1.807) is 18.3 Å². The maximum absolute atomic E-state index is 12.8. The highest BCUT2D eigenvalue weighted by Crippen LogP contribution is 2.36. The fourth-order valence-electron chi connectivity index (χ4n) is 3.30. The average Bonchev–Trinajstić information content (AvgIpc) is 2.81. The second-order valence-electron chi connectivity index (χ2n) is 6.15. The van der Waals surface area contributed by atoms with Crippen LogP contribution in [0.5, 0.6) is 0 Å². The maximum Gasteiger partial charge on any atom is 0.173 e.